The fourth-order valence-corrected chi connectivity index (χ4v) is 4.82. The Morgan fingerprint density at radius 2 is 2.00 bits per heavy atom. The third-order valence-electron chi connectivity index (χ3n) is 6.40. The number of nitrogens with zero attached hydrogens (tertiary/aromatic N) is 3. The average Bonchev–Trinajstić information content (AvgIpc) is 2.86. The third kappa shape index (κ3) is 3.79. The number of carbonyl (C=O) groups excluding carboxylic acids is 1. The summed E-state index contributed by atoms with van der Waals surface area (Å²) < 4.78 is 39.9. The number of aromatic nitrogens is 2. The maximum Gasteiger partial charge on any atom is 0.245 e. The van der Waals surface area contributed by atoms with E-state index in [0.717, 1.165) is 12.5 Å². The van der Waals surface area contributed by atoms with E-state index in [1.54, 1.807) is 17.0 Å². The fourth-order valence-electron chi connectivity index (χ4n) is 4.66. The largest absolute Gasteiger partial charge is 0.493 e. The summed E-state index contributed by atoms with van der Waals surface area (Å²) in [5.41, 5.74) is 0.525. The van der Waals surface area contributed by atoms with Crippen LogP contribution >= 0.6 is 11.6 Å². The van der Waals surface area contributed by atoms with Crippen LogP contribution in [0.15, 0.2) is 43.2 Å². The van der Waals surface area contributed by atoms with Crippen molar-refractivity contribution in [1.82, 2.24) is 14.9 Å². The Bertz CT molecular complexity index is 1290. The molecule has 6 rings (SSSR count). The Balaban J connectivity index is 1.45. The normalized spacial score (nSPS) is 21.1. The monoisotopic (exact) mass is 486 g/mol. The quantitative estimate of drug-likeness (QED) is 0.401. The average molecular weight is 487 g/mol. The van der Waals surface area contributed by atoms with Crippen LogP contribution in [0.25, 0.3) is 10.9 Å². The van der Waals surface area contributed by atoms with E-state index in [-0.39, 0.29) is 29.5 Å². The molecule has 1 aromatic heterocycles. The number of nitrogens with one attached hydrogen (secondary N) is 1. The number of fused-ring (bicyclic) bond motifs is 3. The van der Waals surface area contributed by atoms with Crippen molar-refractivity contribution in [3.05, 3.63) is 59.9 Å². The molecule has 2 bridgehead atoms. The number of hydrogen-bond acceptors (Lipinski definition) is 6. The van der Waals surface area contributed by atoms with E-state index in [0.29, 0.717) is 41.3 Å². The van der Waals surface area contributed by atoms with Crippen LogP contribution in [0.4, 0.5) is 20.3 Å². The van der Waals surface area contributed by atoms with Gasteiger partial charge in [-0.05, 0) is 30.7 Å². The molecule has 0 spiro atoms. The number of benzene rings is 2. The Kier molecular flexibility index (Phi) is 5.73. The fraction of sp³-hybridized carbons (Fsp3) is 0.292. The minimum atomic E-state index is -0.917. The van der Waals surface area contributed by atoms with Crippen LogP contribution < -0.4 is 14.8 Å². The molecule has 34 heavy (non-hydrogen) atoms. The third-order valence-corrected chi connectivity index (χ3v) is 6.75. The van der Waals surface area contributed by atoms with Gasteiger partial charge in [-0.3, -0.25) is 4.79 Å². The van der Waals surface area contributed by atoms with Crippen LogP contribution in [0.2, 0.25) is 5.02 Å². The van der Waals surface area contributed by atoms with Gasteiger partial charge < -0.3 is 19.7 Å². The number of carbonyl (C=O) groups is 1. The smallest absolute Gasteiger partial charge is 0.245 e. The molecule has 3 fully saturated rings. The molecule has 1 saturated carbocycles. The summed E-state index contributed by atoms with van der Waals surface area (Å²) in [6, 6.07) is 5.77. The second-order valence-corrected chi connectivity index (χ2v) is 8.75. The molecule has 1 amide bonds. The molecule has 0 radical (unpaired) electrons. The van der Waals surface area contributed by atoms with Gasteiger partial charge in [0.15, 0.2) is 17.3 Å². The summed E-state index contributed by atoms with van der Waals surface area (Å²) in [4.78, 5) is 22.3. The number of rotatable bonds is 6. The molecule has 3 heterocycles. The van der Waals surface area contributed by atoms with Crippen LogP contribution in [0.1, 0.15) is 6.42 Å². The number of amides is 1. The predicted octanol–water partition coefficient (Wildman–Crippen LogP) is 4.73. The molecule has 7 nitrogen and oxygen atoms in total. The summed E-state index contributed by atoms with van der Waals surface area (Å²) in [7, 11) is 1.54. The van der Waals surface area contributed by atoms with Crippen LogP contribution in [0, 0.1) is 23.5 Å². The van der Waals surface area contributed by atoms with Crippen molar-refractivity contribution in [2.24, 2.45) is 11.8 Å². The van der Waals surface area contributed by atoms with E-state index in [1.165, 1.54) is 25.6 Å². The van der Waals surface area contributed by atoms with Crippen molar-refractivity contribution in [3.8, 4) is 11.5 Å². The number of methoxy groups -OCH3 is 1. The summed E-state index contributed by atoms with van der Waals surface area (Å²) in [6.07, 6.45) is 3.59. The molecule has 176 valence electrons. The van der Waals surface area contributed by atoms with E-state index in [2.05, 4.69) is 21.9 Å². The van der Waals surface area contributed by atoms with Gasteiger partial charge in [0.05, 0.1) is 18.3 Å². The van der Waals surface area contributed by atoms with Gasteiger partial charge in [-0.1, -0.05) is 18.2 Å². The van der Waals surface area contributed by atoms with Crippen molar-refractivity contribution in [2.75, 3.05) is 25.5 Å². The van der Waals surface area contributed by atoms with Gasteiger partial charge in [0.25, 0.3) is 0 Å². The van der Waals surface area contributed by atoms with Crippen LogP contribution in [0.3, 0.4) is 0 Å². The highest BCUT2D eigenvalue weighted by Crippen LogP contribution is 2.45. The Labute approximate surface area is 199 Å². The molecule has 1 aliphatic carbocycles. The molecular weight excluding hydrogens is 466 g/mol. The van der Waals surface area contributed by atoms with Crippen molar-refractivity contribution < 1.29 is 23.0 Å². The molecule has 1 N–H and O–H groups in total. The standard InChI is InChI=1S/C24H21ClF2N4O3/c1-3-20(32)31-9-12-6-13(10-31)23(12)34-19-7-14-17(8-18(19)33-2)28-11-29-24(14)30-16-5-4-15(26)21(25)22(16)27/h3-5,7-8,11-13,23H,1,6,9-10H2,2H3,(H,28,29,30). The molecule has 2 aliphatic heterocycles. The first kappa shape index (κ1) is 22.3. The van der Waals surface area contributed by atoms with Crippen molar-refractivity contribution >= 4 is 39.9 Å². The van der Waals surface area contributed by atoms with Gasteiger partial charge in [-0.2, -0.15) is 0 Å². The van der Waals surface area contributed by atoms with Crippen LogP contribution in [-0.2, 0) is 4.79 Å². The lowest BCUT2D eigenvalue weighted by molar-refractivity contribution is -0.142. The zero-order valence-corrected chi connectivity index (χ0v) is 19.0. The second-order valence-electron chi connectivity index (χ2n) is 8.38. The lowest BCUT2D eigenvalue weighted by Crippen LogP contribution is -2.61. The highest BCUT2D eigenvalue weighted by atomic mass is 35.5. The first-order chi connectivity index (χ1) is 16.4. The molecular formula is C24H21ClF2N4O3. The summed E-state index contributed by atoms with van der Waals surface area (Å²) in [5, 5.41) is 2.83. The summed E-state index contributed by atoms with van der Waals surface area (Å²) in [6.45, 7) is 4.79. The topological polar surface area (TPSA) is 76.6 Å². The minimum absolute atomic E-state index is 0.0230. The predicted molar refractivity (Wildman–Crippen MR) is 124 cm³/mol. The van der Waals surface area contributed by atoms with E-state index >= 15 is 0 Å². The zero-order valence-electron chi connectivity index (χ0n) is 18.2. The number of ether oxygens (including phenoxy) is 2. The molecule has 10 heteroatoms. The van der Waals surface area contributed by atoms with Gasteiger partial charge in [0.1, 0.15) is 29.1 Å². The Hall–Kier alpha value is -3.46. The van der Waals surface area contributed by atoms with E-state index in [1.807, 2.05) is 0 Å². The first-order valence-corrected chi connectivity index (χ1v) is 11.1. The molecule has 2 aromatic carbocycles. The van der Waals surface area contributed by atoms with Crippen LogP contribution in [0.5, 0.6) is 11.5 Å². The molecule has 3 aromatic rings. The van der Waals surface area contributed by atoms with Crippen molar-refractivity contribution in [2.45, 2.75) is 12.5 Å². The van der Waals surface area contributed by atoms with E-state index < -0.39 is 16.7 Å². The Morgan fingerprint density at radius 1 is 1.24 bits per heavy atom. The first-order valence-electron chi connectivity index (χ1n) is 10.7. The Morgan fingerprint density at radius 3 is 2.71 bits per heavy atom. The number of piperidine rings is 2. The van der Waals surface area contributed by atoms with Gasteiger partial charge in [-0.25, -0.2) is 18.7 Å². The SMILES string of the molecule is C=CC(=O)N1CC2CC(C1)C2Oc1cc2c(Nc3ccc(F)c(Cl)c3F)ncnc2cc1OC. The lowest BCUT2D eigenvalue weighted by Gasteiger charge is -2.52. The number of halogens is 3. The van der Waals surface area contributed by atoms with E-state index in [4.69, 9.17) is 21.1 Å². The molecule has 2 unspecified atom stereocenters. The van der Waals surface area contributed by atoms with Gasteiger partial charge in [-0.15, -0.1) is 0 Å². The van der Waals surface area contributed by atoms with Gasteiger partial charge in [0.2, 0.25) is 5.91 Å². The molecule has 3 aliphatic rings. The van der Waals surface area contributed by atoms with E-state index in [9.17, 15) is 13.6 Å². The second kappa shape index (κ2) is 8.72. The van der Waals surface area contributed by atoms with Crippen molar-refractivity contribution in [1.29, 1.82) is 0 Å². The maximum absolute atomic E-state index is 14.5. The molecule has 2 saturated heterocycles. The summed E-state index contributed by atoms with van der Waals surface area (Å²) in [5.74, 6) is -0.124. The highest BCUT2D eigenvalue weighted by Gasteiger charge is 2.49. The maximum atomic E-state index is 14.5. The van der Waals surface area contributed by atoms with Crippen molar-refractivity contribution in [3.63, 3.8) is 0 Å². The van der Waals surface area contributed by atoms with Gasteiger partial charge >= 0.3 is 0 Å². The number of anilines is 2. The van der Waals surface area contributed by atoms with Crippen LogP contribution in [-0.4, -0.2) is 47.1 Å². The van der Waals surface area contributed by atoms with Gasteiger partial charge in [0, 0.05) is 36.4 Å². The minimum Gasteiger partial charge on any atom is -0.493 e. The summed E-state index contributed by atoms with van der Waals surface area (Å²) >= 11 is 5.71. The number of hydrogen-bond donors (Lipinski definition) is 1. The highest BCUT2D eigenvalue weighted by molar-refractivity contribution is 6.31. The lowest BCUT2D eigenvalue weighted by atomic mass is 9.68. The zero-order chi connectivity index (χ0) is 24.0. The molecule has 2 atom stereocenters.